The summed E-state index contributed by atoms with van der Waals surface area (Å²) >= 11 is 6.79. The van der Waals surface area contributed by atoms with Gasteiger partial charge in [0.05, 0.1) is 11.4 Å². The number of thiocarbonyl (C=S) groups is 1. The number of nitrogens with zero attached hydrogens (tertiary/aromatic N) is 1. The Kier molecular flexibility index (Phi) is 5.75. The Labute approximate surface area is 185 Å². The molecule has 2 aliphatic heterocycles. The van der Waals surface area contributed by atoms with Gasteiger partial charge in [-0.2, -0.15) is 0 Å². The van der Waals surface area contributed by atoms with E-state index in [2.05, 4.69) is 0 Å². The van der Waals surface area contributed by atoms with Gasteiger partial charge >= 0.3 is 0 Å². The molecule has 30 heavy (non-hydrogen) atoms. The fourth-order valence-corrected chi connectivity index (χ4v) is 4.73. The van der Waals surface area contributed by atoms with Crippen LogP contribution in [0.1, 0.15) is 37.8 Å². The first-order chi connectivity index (χ1) is 14.3. The smallest absolute Gasteiger partial charge is 0.266 e. The van der Waals surface area contributed by atoms with Crippen molar-refractivity contribution in [3.8, 4) is 17.2 Å². The highest BCUT2D eigenvalue weighted by molar-refractivity contribution is 8.26. The Bertz CT molecular complexity index is 1030. The second-order valence-electron chi connectivity index (χ2n) is 7.77. The van der Waals surface area contributed by atoms with Gasteiger partial charge in [0.15, 0.2) is 11.5 Å². The summed E-state index contributed by atoms with van der Waals surface area (Å²) in [6.45, 7) is 4.13. The fourth-order valence-electron chi connectivity index (χ4n) is 3.47. The molecule has 4 rings (SSSR count). The van der Waals surface area contributed by atoms with E-state index in [9.17, 15) is 9.90 Å². The number of phenols is 1. The second kappa shape index (κ2) is 8.32. The highest BCUT2D eigenvalue weighted by Gasteiger charge is 2.34. The van der Waals surface area contributed by atoms with E-state index in [1.807, 2.05) is 50.3 Å². The van der Waals surface area contributed by atoms with Crippen molar-refractivity contribution in [1.29, 1.82) is 0 Å². The van der Waals surface area contributed by atoms with Crippen molar-refractivity contribution < 1.29 is 19.4 Å². The average Bonchev–Trinajstić information content (AvgIpc) is 3.13. The summed E-state index contributed by atoms with van der Waals surface area (Å²) in [5, 5.41) is 9.54. The third-order valence-corrected chi connectivity index (χ3v) is 6.27. The van der Waals surface area contributed by atoms with Gasteiger partial charge in [-0.05, 0) is 54.7 Å². The van der Waals surface area contributed by atoms with Crippen molar-refractivity contribution in [2.45, 2.75) is 45.4 Å². The summed E-state index contributed by atoms with van der Waals surface area (Å²) in [5.74, 6) is 0.941. The van der Waals surface area contributed by atoms with Gasteiger partial charge in [-0.3, -0.25) is 9.69 Å². The normalized spacial score (nSPS) is 18.5. The van der Waals surface area contributed by atoms with Crippen LogP contribution < -0.4 is 9.47 Å². The summed E-state index contributed by atoms with van der Waals surface area (Å²) in [5.41, 5.74) is 2.03. The monoisotopic (exact) mass is 441 g/mol. The predicted octanol–water partition coefficient (Wildman–Crippen LogP) is 5.17. The Balaban J connectivity index is 1.35. The van der Waals surface area contributed by atoms with Crippen LogP contribution in [0.2, 0.25) is 0 Å². The standard InChI is InChI=1S/C23H23NO4S2/c1-23(2)27-18-11-10-16(13-19(18)28-23)14-24-21(26)20(30-22(24)29)9-4-3-6-15-7-5-8-17(25)12-15/h5,7-13,25H,3-4,6,14H2,1-2H3/b20-9-. The van der Waals surface area contributed by atoms with E-state index in [1.165, 1.54) is 11.8 Å². The van der Waals surface area contributed by atoms with Gasteiger partial charge in [-0.25, -0.2) is 0 Å². The van der Waals surface area contributed by atoms with Gasteiger partial charge in [-0.15, -0.1) is 0 Å². The molecule has 0 bridgehead atoms. The molecule has 1 saturated heterocycles. The van der Waals surface area contributed by atoms with Crippen LogP contribution in [0.5, 0.6) is 17.2 Å². The van der Waals surface area contributed by atoms with Crippen molar-refractivity contribution in [2.75, 3.05) is 0 Å². The van der Waals surface area contributed by atoms with Crippen LogP contribution in [0.4, 0.5) is 0 Å². The summed E-state index contributed by atoms with van der Waals surface area (Å²) in [7, 11) is 0. The molecule has 5 nitrogen and oxygen atoms in total. The number of aromatic hydroxyl groups is 1. The highest BCUT2D eigenvalue weighted by atomic mass is 32.2. The first-order valence-electron chi connectivity index (χ1n) is 9.83. The molecule has 1 N–H and O–H groups in total. The SMILES string of the molecule is CC1(C)Oc2ccc(CN3C(=O)/C(=C/CCCc4cccc(O)c4)SC3=S)cc2O1. The molecule has 2 aliphatic rings. The largest absolute Gasteiger partial charge is 0.508 e. The molecule has 0 aromatic heterocycles. The zero-order valence-corrected chi connectivity index (χ0v) is 18.5. The van der Waals surface area contributed by atoms with Gasteiger partial charge in [-0.1, -0.05) is 48.3 Å². The number of unbranched alkanes of at least 4 members (excludes halogenated alkanes) is 1. The number of amides is 1. The van der Waals surface area contributed by atoms with Gasteiger partial charge in [0.2, 0.25) is 5.79 Å². The van der Waals surface area contributed by atoms with Crippen molar-refractivity contribution in [1.82, 2.24) is 4.90 Å². The minimum absolute atomic E-state index is 0.0552. The number of hydrogen-bond acceptors (Lipinski definition) is 6. The van der Waals surface area contributed by atoms with E-state index < -0.39 is 5.79 Å². The molecule has 1 amide bonds. The Morgan fingerprint density at radius 3 is 2.73 bits per heavy atom. The lowest BCUT2D eigenvalue weighted by Gasteiger charge is -2.16. The number of rotatable bonds is 6. The minimum atomic E-state index is -0.677. The third kappa shape index (κ3) is 4.63. The minimum Gasteiger partial charge on any atom is -0.508 e. The van der Waals surface area contributed by atoms with Crippen LogP contribution in [-0.4, -0.2) is 26.0 Å². The molecule has 0 radical (unpaired) electrons. The number of allylic oxidation sites excluding steroid dienone is 1. The molecule has 2 heterocycles. The molecule has 0 spiro atoms. The maximum atomic E-state index is 12.8. The molecular formula is C23H23NO4S2. The molecule has 2 aromatic carbocycles. The zero-order chi connectivity index (χ0) is 21.3. The quantitative estimate of drug-likeness (QED) is 0.379. The van der Waals surface area contributed by atoms with Crippen LogP contribution in [0.15, 0.2) is 53.4 Å². The molecule has 0 unspecified atom stereocenters. The van der Waals surface area contributed by atoms with E-state index in [-0.39, 0.29) is 11.7 Å². The predicted molar refractivity (Wildman–Crippen MR) is 122 cm³/mol. The molecule has 1 fully saturated rings. The number of aryl methyl sites for hydroxylation is 1. The summed E-state index contributed by atoms with van der Waals surface area (Å²) in [4.78, 5) is 15.1. The van der Waals surface area contributed by atoms with Crippen molar-refractivity contribution in [3.63, 3.8) is 0 Å². The number of hydrogen-bond donors (Lipinski definition) is 1. The van der Waals surface area contributed by atoms with E-state index in [0.29, 0.717) is 27.3 Å². The Morgan fingerprint density at radius 1 is 1.13 bits per heavy atom. The third-order valence-electron chi connectivity index (χ3n) is 4.84. The first kappa shape index (κ1) is 20.8. The Hall–Kier alpha value is -2.51. The van der Waals surface area contributed by atoms with Crippen LogP contribution in [-0.2, 0) is 17.8 Å². The van der Waals surface area contributed by atoms with E-state index in [0.717, 1.165) is 30.4 Å². The maximum absolute atomic E-state index is 12.8. The number of fused-ring (bicyclic) bond motifs is 1. The van der Waals surface area contributed by atoms with Crippen LogP contribution >= 0.6 is 24.0 Å². The molecule has 156 valence electrons. The molecule has 0 saturated carbocycles. The fraction of sp³-hybridized carbons (Fsp3) is 0.304. The molecule has 0 aliphatic carbocycles. The number of phenolic OH excluding ortho intramolecular Hbond substituents is 1. The number of benzene rings is 2. The molecule has 0 atom stereocenters. The second-order valence-corrected chi connectivity index (χ2v) is 9.45. The number of thioether (sulfide) groups is 1. The van der Waals surface area contributed by atoms with Crippen LogP contribution in [0.25, 0.3) is 0 Å². The lowest BCUT2D eigenvalue weighted by Crippen LogP contribution is -2.29. The van der Waals surface area contributed by atoms with Crippen molar-refractivity contribution in [3.05, 3.63) is 64.6 Å². The number of carbonyl (C=O) groups is 1. The Morgan fingerprint density at radius 2 is 1.93 bits per heavy atom. The number of ether oxygens (including phenoxy) is 2. The lowest BCUT2D eigenvalue weighted by molar-refractivity contribution is -0.122. The van der Waals surface area contributed by atoms with Gasteiger partial charge in [0, 0.05) is 13.8 Å². The molecule has 2 aromatic rings. The summed E-state index contributed by atoms with van der Waals surface area (Å²) < 4.78 is 12.1. The van der Waals surface area contributed by atoms with E-state index in [1.54, 1.807) is 17.0 Å². The topological polar surface area (TPSA) is 59.0 Å². The van der Waals surface area contributed by atoms with Crippen molar-refractivity contribution >= 4 is 34.2 Å². The average molecular weight is 442 g/mol. The first-order valence-corrected chi connectivity index (χ1v) is 11.1. The summed E-state index contributed by atoms with van der Waals surface area (Å²) in [6.07, 6.45) is 4.48. The highest BCUT2D eigenvalue weighted by Crippen LogP contribution is 2.40. The number of carbonyl (C=O) groups excluding carboxylic acids is 1. The summed E-state index contributed by atoms with van der Waals surface area (Å²) in [6, 6.07) is 13.0. The van der Waals surface area contributed by atoms with Crippen LogP contribution in [0, 0.1) is 0 Å². The van der Waals surface area contributed by atoms with Gasteiger partial charge in [0.25, 0.3) is 5.91 Å². The lowest BCUT2D eigenvalue weighted by atomic mass is 10.1. The van der Waals surface area contributed by atoms with E-state index in [4.69, 9.17) is 21.7 Å². The van der Waals surface area contributed by atoms with Gasteiger partial charge < -0.3 is 14.6 Å². The molecule has 7 heteroatoms. The van der Waals surface area contributed by atoms with Gasteiger partial charge in [0.1, 0.15) is 10.1 Å². The maximum Gasteiger partial charge on any atom is 0.266 e. The van der Waals surface area contributed by atoms with E-state index >= 15 is 0 Å². The van der Waals surface area contributed by atoms with Crippen LogP contribution in [0.3, 0.4) is 0 Å². The van der Waals surface area contributed by atoms with Crippen molar-refractivity contribution in [2.24, 2.45) is 0 Å². The zero-order valence-electron chi connectivity index (χ0n) is 16.9. The molecular weight excluding hydrogens is 418 g/mol.